The van der Waals surface area contributed by atoms with Crippen LogP contribution in [-0.2, 0) is 84.7 Å². The Bertz CT molecular complexity index is 2620. The molecule has 0 radical (unpaired) electrons. The van der Waals surface area contributed by atoms with E-state index in [-0.39, 0.29) is 76.8 Å². The van der Waals surface area contributed by atoms with Crippen molar-refractivity contribution in [1.29, 1.82) is 0 Å². The zero-order valence-electron chi connectivity index (χ0n) is 66.6. The number of amides is 3. The van der Waals surface area contributed by atoms with E-state index in [1.807, 2.05) is 6.08 Å². The minimum Gasteiger partial charge on any atom is -0.461 e. The number of aliphatic hydroxyl groups is 10. The number of carbonyl (C=O) groups is 5. The molecule has 0 aromatic rings. The van der Waals surface area contributed by atoms with Crippen LogP contribution in [0.15, 0.2) is 24.3 Å². The Balaban J connectivity index is 1.30. The average molecular weight is 1600 g/mol. The van der Waals surface area contributed by atoms with Crippen molar-refractivity contribution < 1.29 is 136 Å². The van der Waals surface area contributed by atoms with Crippen molar-refractivity contribution in [2.75, 3.05) is 59.8 Å². The van der Waals surface area contributed by atoms with Crippen LogP contribution in [-0.4, -0.2) is 263 Å². The molecular formula is C78H140N3O28P. The van der Waals surface area contributed by atoms with Crippen LogP contribution in [0.2, 0.25) is 0 Å². The van der Waals surface area contributed by atoms with Gasteiger partial charge in [-0.15, -0.1) is 0 Å². The number of ether oxygens (including phenoxy) is 9. The van der Waals surface area contributed by atoms with E-state index in [1.165, 1.54) is 78.1 Å². The van der Waals surface area contributed by atoms with Crippen molar-refractivity contribution >= 4 is 37.5 Å². The van der Waals surface area contributed by atoms with Crippen molar-refractivity contribution in [3.63, 3.8) is 0 Å². The van der Waals surface area contributed by atoms with Gasteiger partial charge in [-0.2, -0.15) is 0 Å². The molecular weight excluding hydrogens is 1460 g/mol. The molecule has 0 bridgehead atoms. The van der Waals surface area contributed by atoms with Crippen LogP contribution in [0, 0.1) is 11.8 Å². The highest BCUT2D eigenvalue weighted by molar-refractivity contribution is 7.48. The Morgan fingerprint density at radius 1 is 0.518 bits per heavy atom. The van der Waals surface area contributed by atoms with Gasteiger partial charge in [0.15, 0.2) is 25.0 Å². The Morgan fingerprint density at radius 3 is 1.58 bits per heavy atom. The number of rotatable bonds is 59. The maximum atomic E-state index is 13.7. The SMILES string of the molecule is CCCCCCCC/C=C\C(CCCCCC)C(=O)OC[C@H](COP(=O)(OC)OCCNC(=O)CCCCC(=O)NCCCO[C@@H]1OC(CO)[C@@H](O[C@@H]2OC(C)[C@@H](O)C(O)[C@@H]2O)[C@H](O[C@@H]2CC(CO)[C@H](O)[C@H](O)C2O[C@@H]2OC(C)[C@@H](O)[C@H](O)C2O)C1NC(C)=O)OC(=O)CCCCCCC/C=C/CCCCCCCC. The van der Waals surface area contributed by atoms with Crippen LogP contribution < -0.4 is 16.0 Å². The molecule has 0 aromatic carbocycles. The molecule has 31 nitrogen and oxygen atoms in total. The number of esters is 2. The predicted molar refractivity (Wildman–Crippen MR) is 405 cm³/mol. The molecule has 4 rings (SSSR count). The molecule has 4 aliphatic rings. The van der Waals surface area contributed by atoms with E-state index in [0.29, 0.717) is 25.7 Å². The van der Waals surface area contributed by atoms with E-state index in [1.54, 1.807) is 0 Å². The van der Waals surface area contributed by atoms with Gasteiger partial charge in [-0.1, -0.05) is 154 Å². The molecule has 32 heteroatoms. The Labute approximate surface area is 652 Å². The zero-order chi connectivity index (χ0) is 80.8. The van der Waals surface area contributed by atoms with Crippen molar-refractivity contribution in [1.82, 2.24) is 16.0 Å². The lowest BCUT2D eigenvalue weighted by molar-refractivity contribution is -0.361. The average Bonchev–Trinajstić information content (AvgIpc) is 0.764. The monoisotopic (exact) mass is 1600 g/mol. The fourth-order valence-electron chi connectivity index (χ4n) is 13.7. The maximum absolute atomic E-state index is 13.7. The van der Waals surface area contributed by atoms with Gasteiger partial charge in [-0.25, -0.2) is 4.57 Å². The molecule has 4 fully saturated rings. The summed E-state index contributed by atoms with van der Waals surface area (Å²) in [5.41, 5.74) is 0. The molecule has 3 heterocycles. The molecule has 3 saturated heterocycles. The number of phosphoric acid groups is 1. The van der Waals surface area contributed by atoms with Crippen LogP contribution in [0.4, 0.5) is 0 Å². The summed E-state index contributed by atoms with van der Waals surface area (Å²) >= 11 is 0. The normalized spacial score (nSPS) is 29.7. The van der Waals surface area contributed by atoms with Crippen molar-refractivity contribution in [2.45, 2.75) is 370 Å². The van der Waals surface area contributed by atoms with Crippen molar-refractivity contribution in [3.05, 3.63) is 24.3 Å². The number of aliphatic hydroxyl groups excluding tert-OH is 10. The number of hydrogen-bond acceptors (Lipinski definition) is 28. The molecule has 10 unspecified atom stereocenters. The first-order chi connectivity index (χ1) is 52.9. The number of nitrogens with one attached hydrogen (secondary N) is 3. The Kier molecular flexibility index (Phi) is 50.7. The molecule has 13 N–H and O–H groups in total. The second kappa shape index (κ2) is 56.5. The summed E-state index contributed by atoms with van der Waals surface area (Å²) in [6.45, 7) is 7.67. The highest BCUT2D eigenvalue weighted by Crippen LogP contribution is 2.48. The topological polar surface area (TPSA) is 452 Å². The van der Waals surface area contributed by atoms with Gasteiger partial charge in [-0.05, 0) is 90.9 Å². The fraction of sp³-hybridized carbons (Fsp3) is 0.885. The van der Waals surface area contributed by atoms with E-state index in [4.69, 9.17) is 56.2 Å². The van der Waals surface area contributed by atoms with Crippen LogP contribution in [0.3, 0.4) is 0 Å². The third-order valence-corrected chi connectivity index (χ3v) is 21.9. The van der Waals surface area contributed by atoms with E-state index in [2.05, 4.69) is 54.9 Å². The molecule has 3 amide bonds. The number of unbranched alkanes of at least 4 members (excludes halogenated alkanes) is 21. The summed E-state index contributed by atoms with van der Waals surface area (Å²) < 4.78 is 84.5. The fourth-order valence-corrected chi connectivity index (χ4v) is 14.7. The highest BCUT2D eigenvalue weighted by atomic mass is 31.2. The van der Waals surface area contributed by atoms with Crippen LogP contribution in [0.25, 0.3) is 0 Å². The summed E-state index contributed by atoms with van der Waals surface area (Å²) in [4.78, 5) is 66.0. The first kappa shape index (κ1) is 98.6. The quantitative estimate of drug-likeness (QED) is 0.0134. The minimum absolute atomic E-state index is 0.0308. The van der Waals surface area contributed by atoms with Crippen LogP contribution in [0.1, 0.15) is 247 Å². The maximum Gasteiger partial charge on any atom is 0.474 e. The Morgan fingerprint density at radius 2 is 1.04 bits per heavy atom. The number of hydrogen-bond donors (Lipinski definition) is 13. The van der Waals surface area contributed by atoms with Crippen molar-refractivity contribution in [2.24, 2.45) is 11.8 Å². The van der Waals surface area contributed by atoms with Crippen LogP contribution in [0.5, 0.6) is 0 Å². The summed E-state index contributed by atoms with van der Waals surface area (Å²) in [5.74, 6) is -3.94. The Hall–Kier alpha value is -3.74. The van der Waals surface area contributed by atoms with E-state index in [9.17, 15) is 79.6 Å². The minimum atomic E-state index is -4.30. The van der Waals surface area contributed by atoms with Gasteiger partial charge in [0.2, 0.25) is 17.7 Å². The molecule has 23 atom stereocenters. The van der Waals surface area contributed by atoms with Crippen molar-refractivity contribution in [3.8, 4) is 0 Å². The molecule has 1 aliphatic carbocycles. The highest BCUT2D eigenvalue weighted by Gasteiger charge is 2.56. The number of carbonyl (C=O) groups excluding carboxylic acids is 5. The van der Waals surface area contributed by atoms with Gasteiger partial charge >= 0.3 is 19.8 Å². The summed E-state index contributed by atoms with van der Waals surface area (Å²) in [6, 6.07) is -1.42. The summed E-state index contributed by atoms with van der Waals surface area (Å²) in [7, 11) is -3.18. The van der Waals surface area contributed by atoms with E-state index >= 15 is 0 Å². The predicted octanol–water partition coefficient (Wildman–Crippen LogP) is 6.49. The lowest BCUT2D eigenvalue weighted by Crippen LogP contribution is -2.69. The molecule has 640 valence electrons. The summed E-state index contributed by atoms with van der Waals surface area (Å²) in [5, 5.41) is 116. The van der Waals surface area contributed by atoms with Crippen LogP contribution >= 0.6 is 7.82 Å². The lowest BCUT2D eigenvalue weighted by Gasteiger charge is -2.51. The molecule has 0 aromatic heterocycles. The molecule has 0 spiro atoms. The number of allylic oxidation sites excluding steroid dienone is 3. The second-order valence-corrected chi connectivity index (χ2v) is 31.5. The van der Waals surface area contributed by atoms with Gasteiger partial charge in [0, 0.05) is 58.9 Å². The molecule has 1 saturated carbocycles. The zero-order valence-corrected chi connectivity index (χ0v) is 67.5. The van der Waals surface area contributed by atoms with E-state index in [0.717, 1.165) is 97.5 Å². The van der Waals surface area contributed by atoms with Gasteiger partial charge in [0.25, 0.3) is 0 Å². The molecule has 3 aliphatic heterocycles. The first-order valence-electron chi connectivity index (χ1n) is 41.0. The van der Waals surface area contributed by atoms with E-state index < -0.39 is 180 Å². The lowest BCUT2D eigenvalue weighted by atomic mass is 9.80. The standard InChI is InChI=1S/C78H140N3O28P/c1-8-11-14-17-19-21-22-23-24-25-26-27-29-31-34-42-62(87)105-57(50-100-75(96)55(38-32-16-13-10-3)39-33-30-28-20-18-15-12-9-2)51-102-110(97,98-7)101-46-44-80-61(86)41-36-35-40-60(85)79-43-37-45-99-76-63(81-54(6)84)74(73(59(49-83)107-76)109-78-71(95)68(92)65(89)53(5)104-78)106-58-47-56(48-82)66(90)69(93)72(58)108-77-70(94)67(91)64(88)52(4)103-77/h23-24,33,39,52-53,55-59,63-74,76-78,82-83,88-95H,8-22,25-32,34-38,40-51H2,1-7H3,(H,79,85)(H,80,86)(H,81,84)/b24-23+,39-33-/t52?,53?,55?,56?,57-,58-,59?,63?,64-,65-,66+,67+,68?,69+,70?,71+,72?,73-,74-,76-,77+,78+,110?/m1/s1. The number of phosphoric ester groups is 1. The third-order valence-electron chi connectivity index (χ3n) is 20.4. The largest absolute Gasteiger partial charge is 0.474 e. The summed E-state index contributed by atoms with van der Waals surface area (Å²) in [6.07, 6.45) is 5.98. The third kappa shape index (κ3) is 36.6. The van der Waals surface area contributed by atoms with Gasteiger partial charge in [-0.3, -0.25) is 37.5 Å². The van der Waals surface area contributed by atoms with Gasteiger partial charge in [0.1, 0.15) is 79.8 Å². The first-order valence-corrected chi connectivity index (χ1v) is 42.5. The van der Waals surface area contributed by atoms with Gasteiger partial charge in [0.05, 0.1) is 56.8 Å². The second-order valence-electron chi connectivity index (χ2n) is 29.7. The van der Waals surface area contributed by atoms with Gasteiger partial charge < -0.3 is 110 Å². The molecule has 110 heavy (non-hydrogen) atoms. The smallest absolute Gasteiger partial charge is 0.461 e.